The van der Waals surface area contributed by atoms with Crippen molar-refractivity contribution in [3.63, 3.8) is 0 Å². The minimum absolute atomic E-state index is 0.258. The number of primary amides is 1. The number of carbonyl (C=O) groups is 2. The zero-order valence-corrected chi connectivity index (χ0v) is 15.7. The van der Waals surface area contributed by atoms with Gasteiger partial charge in [0.1, 0.15) is 0 Å². The molecule has 6 heteroatoms. The maximum atomic E-state index is 12.4. The highest BCUT2D eigenvalue weighted by atomic mass is 16.2. The molecule has 4 rings (SSSR count). The molecule has 4 aromatic rings. The number of hydrazone groups is 1. The normalized spacial score (nSPS) is 11.3. The highest BCUT2D eigenvalue weighted by molar-refractivity contribution is 6.01. The Labute approximate surface area is 167 Å². The van der Waals surface area contributed by atoms with Gasteiger partial charge in [-0.15, -0.1) is 0 Å². The molecule has 0 aliphatic heterocycles. The highest BCUT2D eigenvalue weighted by Gasteiger charge is 2.08. The van der Waals surface area contributed by atoms with Crippen molar-refractivity contribution in [2.24, 2.45) is 10.8 Å². The van der Waals surface area contributed by atoms with E-state index < -0.39 is 0 Å². The van der Waals surface area contributed by atoms with Gasteiger partial charge >= 0.3 is 0 Å². The van der Waals surface area contributed by atoms with Crippen molar-refractivity contribution in [3.8, 4) is 0 Å². The first-order valence-corrected chi connectivity index (χ1v) is 9.30. The van der Waals surface area contributed by atoms with Crippen LogP contribution in [-0.4, -0.2) is 22.6 Å². The first kappa shape index (κ1) is 18.4. The molecule has 0 fully saturated rings. The average molecular weight is 384 g/mol. The van der Waals surface area contributed by atoms with Gasteiger partial charge in [0, 0.05) is 41.2 Å². The van der Waals surface area contributed by atoms with E-state index in [0.29, 0.717) is 12.1 Å². The Hall–Kier alpha value is -3.93. The molecule has 0 saturated carbocycles. The SMILES string of the molecule is NC(=O)CCn1cc(/C=N\NC(=O)c2ccc3ccccc3c2)c2ccccc21. The molecule has 0 bridgehead atoms. The van der Waals surface area contributed by atoms with Crippen molar-refractivity contribution in [2.75, 3.05) is 0 Å². The quantitative estimate of drug-likeness (QED) is 0.394. The molecule has 29 heavy (non-hydrogen) atoms. The predicted molar refractivity (Wildman–Crippen MR) is 115 cm³/mol. The monoisotopic (exact) mass is 384 g/mol. The lowest BCUT2D eigenvalue weighted by atomic mass is 10.1. The van der Waals surface area contributed by atoms with Gasteiger partial charge in [0.2, 0.25) is 5.91 Å². The van der Waals surface area contributed by atoms with Crippen LogP contribution in [-0.2, 0) is 11.3 Å². The standard InChI is InChI=1S/C23H20N4O2/c24-22(28)11-12-27-15-19(20-7-3-4-8-21(20)27)14-25-26-23(29)18-10-9-16-5-1-2-6-17(16)13-18/h1-10,13-15H,11-12H2,(H2,24,28)(H,26,29)/b25-14-. The molecule has 0 unspecified atom stereocenters. The summed E-state index contributed by atoms with van der Waals surface area (Å²) < 4.78 is 1.96. The maximum absolute atomic E-state index is 12.4. The van der Waals surface area contributed by atoms with Crippen LogP contribution >= 0.6 is 0 Å². The number of para-hydroxylation sites is 1. The lowest BCUT2D eigenvalue weighted by Gasteiger charge is -2.02. The van der Waals surface area contributed by atoms with Gasteiger partial charge in [-0.3, -0.25) is 9.59 Å². The number of hydrogen-bond donors (Lipinski definition) is 2. The minimum atomic E-state index is -0.347. The summed E-state index contributed by atoms with van der Waals surface area (Å²) in [6, 6.07) is 21.2. The van der Waals surface area contributed by atoms with E-state index >= 15 is 0 Å². The maximum Gasteiger partial charge on any atom is 0.271 e. The molecule has 0 aliphatic rings. The fourth-order valence-corrected chi connectivity index (χ4v) is 3.35. The van der Waals surface area contributed by atoms with Crippen LogP contribution in [0.1, 0.15) is 22.3 Å². The fourth-order valence-electron chi connectivity index (χ4n) is 3.35. The summed E-state index contributed by atoms with van der Waals surface area (Å²) in [5, 5.41) is 7.20. The molecule has 1 aromatic heterocycles. The van der Waals surface area contributed by atoms with Crippen LogP contribution in [0, 0.1) is 0 Å². The molecule has 0 atom stereocenters. The van der Waals surface area contributed by atoms with Crippen LogP contribution in [0.4, 0.5) is 0 Å². The van der Waals surface area contributed by atoms with Crippen LogP contribution < -0.4 is 11.2 Å². The first-order chi connectivity index (χ1) is 14.1. The van der Waals surface area contributed by atoms with E-state index in [1.54, 1.807) is 12.3 Å². The van der Waals surface area contributed by atoms with Crippen LogP contribution in [0.25, 0.3) is 21.7 Å². The fraction of sp³-hybridized carbons (Fsp3) is 0.0870. The number of amides is 2. The summed E-state index contributed by atoms with van der Waals surface area (Å²) in [5.74, 6) is -0.620. The van der Waals surface area contributed by atoms with Crippen molar-refractivity contribution in [2.45, 2.75) is 13.0 Å². The molecule has 3 aromatic carbocycles. The van der Waals surface area contributed by atoms with E-state index in [2.05, 4.69) is 10.5 Å². The van der Waals surface area contributed by atoms with Gasteiger partial charge < -0.3 is 10.3 Å². The van der Waals surface area contributed by atoms with Gasteiger partial charge in [-0.05, 0) is 29.0 Å². The average Bonchev–Trinajstić information content (AvgIpc) is 3.09. The van der Waals surface area contributed by atoms with Crippen molar-refractivity contribution in [1.82, 2.24) is 9.99 Å². The highest BCUT2D eigenvalue weighted by Crippen LogP contribution is 2.20. The predicted octanol–water partition coefficient (Wildman–Crippen LogP) is 3.43. The summed E-state index contributed by atoms with van der Waals surface area (Å²) in [6.07, 6.45) is 3.77. The van der Waals surface area contributed by atoms with Gasteiger partial charge in [0.15, 0.2) is 0 Å². The van der Waals surface area contributed by atoms with E-state index in [9.17, 15) is 9.59 Å². The number of carbonyl (C=O) groups excluding carboxylic acids is 2. The lowest BCUT2D eigenvalue weighted by Crippen LogP contribution is -2.17. The van der Waals surface area contributed by atoms with E-state index in [-0.39, 0.29) is 18.2 Å². The Kier molecular flexibility index (Phi) is 5.07. The Balaban J connectivity index is 1.53. The number of nitrogens with two attached hydrogens (primary N) is 1. The number of nitrogens with one attached hydrogen (secondary N) is 1. The van der Waals surface area contributed by atoms with E-state index in [1.807, 2.05) is 71.4 Å². The third kappa shape index (κ3) is 4.01. The molecular weight excluding hydrogens is 364 g/mol. The summed E-state index contributed by atoms with van der Waals surface area (Å²) in [7, 11) is 0. The van der Waals surface area contributed by atoms with Crippen LogP contribution in [0.2, 0.25) is 0 Å². The van der Waals surface area contributed by atoms with Crippen molar-refractivity contribution in [3.05, 3.63) is 84.1 Å². The second kappa shape index (κ2) is 7.98. The number of aromatic nitrogens is 1. The zero-order valence-electron chi connectivity index (χ0n) is 15.7. The molecule has 0 radical (unpaired) electrons. The Morgan fingerprint density at radius 2 is 1.76 bits per heavy atom. The molecule has 1 heterocycles. The number of benzene rings is 3. The smallest absolute Gasteiger partial charge is 0.271 e. The lowest BCUT2D eigenvalue weighted by molar-refractivity contribution is -0.118. The molecule has 144 valence electrons. The largest absolute Gasteiger partial charge is 0.370 e. The number of rotatable bonds is 6. The topological polar surface area (TPSA) is 89.5 Å². The second-order valence-corrected chi connectivity index (χ2v) is 6.77. The van der Waals surface area contributed by atoms with Crippen LogP contribution in [0.15, 0.2) is 78.0 Å². The van der Waals surface area contributed by atoms with Crippen molar-refractivity contribution in [1.29, 1.82) is 0 Å². The van der Waals surface area contributed by atoms with E-state index in [1.165, 1.54) is 0 Å². The number of nitrogens with zero attached hydrogens (tertiary/aromatic N) is 2. The molecule has 0 saturated heterocycles. The van der Waals surface area contributed by atoms with Crippen molar-refractivity contribution >= 4 is 39.7 Å². The minimum Gasteiger partial charge on any atom is -0.370 e. The Bertz CT molecular complexity index is 1240. The molecule has 2 amide bonds. The summed E-state index contributed by atoms with van der Waals surface area (Å²) in [4.78, 5) is 23.6. The molecule has 6 nitrogen and oxygen atoms in total. The van der Waals surface area contributed by atoms with E-state index in [0.717, 1.165) is 27.2 Å². The summed E-state index contributed by atoms with van der Waals surface area (Å²) in [5.41, 5.74) is 10.2. The van der Waals surface area contributed by atoms with Gasteiger partial charge in [0.05, 0.1) is 6.21 Å². The third-order valence-corrected chi connectivity index (χ3v) is 4.80. The van der Waals surface area contributed by atoms with Crippen LogP contribution in [0.5, 0.6) is 0 Å². The third-order valence-electron chi connectivity index (χ3n) is 4.80. The number of hydrogen-bond acceptors (Lipinski definition) is 3. The number of fused-ring (bicyclic) bond motifs is 2. The van der Waals surface area contributed by atoms with Gasteiger partial charge in [0.25, 0.3) is 5.91 Å². The van der Waals surface area contributed by atoms with Gasteiger partial charge in [-0.25, -0.2) is 5.43 Å². The summed E-state index contributed by atoms with van der Waals surface area (Å²) >= 11 is 0. The number of aryl methyl sites for hydroxylation is 1. The molecule has 3 N–H and O–H groups in total. The van der Waals surface area contributed by atoms with E-state index in [4.69, 9.17) is 5.73 Å². The first-order valence-electron chi connectivity index (χ1n) is 9.30. The molecule has 0 spiro atoms. The van der Waals surface area contributed by atoms with Crippen LogP contribution in [0.3, 0.4) is 0 Å². The molecule has 0 aliphatic carbocycles. The Morgan fingerprint density at radius 3 is 2.59 bits per heavy atom. The zero-order chi connectivity index (χ0) is 20.2. The Morgan fingerprint density at radius 1 is 1.00 bits per heavy atom. The van der Waals surface area contributed by atoms with Crippen molar-refractivity contribution < 1.29 is 9.59 Å². The second-order valence-electron chi connectivity index (χ2n) is 6.77. The van der Waals surface area contributed by atoms with Gasteiger partial charge in [-0.2, -0.15) is 5.10 Å². The molecular formula is C23H20N4O2. The van der Waals surface area contributed by atoms with Gasteiger partial charge in [-0.1, -0.05) is 48.5 Å². The summed E-state index contributed by atoms with van der Waals surface area (Å²) in [6.45, 7) is 0.493.